The minimum absolute atomic E-state index is 0.340. The summed E-state index contributed by atoms with van der Waals surface area (Å²) in [7, 11) is 1.35. The van der Waals surface area contributed by atoms with Gasteiger partial charge < -0.3 is 10.1 Å². The zero-order chi connectivity index (χ0) is 9.14. The highest BCUT2D eigenvalue weighted by Gasteiger charge is 2.09. The van der Waals surface area contributed by atoms with Crippen LogP contribution in [0.5, 0.6) is 0 Å². The lowest BCUT2D eigenvalue weighted by molar-refractivity contribution is 0.0606. The molecule has 0 bridgehead atoms. The number of methoxy groups -OCH3 is 1. The van der Waals surface area contributed by atoms with Gasteiger partial charge in [0.1, 0.15) is 4.88 Å². The molecule has 1 heterocycles. The summed E-state index contributed by atoms with van der Waals surface area (Å²) in [5.74, 6) is -0.340. The van der Waals surface area contributed by atoms with Gasteiger partial charge in [0, 0.05) is 10.6 Å². The number of nitrogens with one attached hydrogen (secondary N) is 1. The van der Waals surface area contributed by atoms with Crippen molar-refractivity contribution in [2.75, 3.05) is 7.11 Å². The number of hydrogen-bond donors (Lipinski definition) is 1. The molecule has 0 aliphatic rings. The molecule has 0 unspecified atom stereocenters. The molecule has 64 valence electrons. The highest BCUT2D eigenvalue weighted by molar-refractivity contribution is 7.15. The van der Waals surface area contributed by atoms with Crippen LogP contribution in [0.3, 0.4) is 0 Å². The minimum atomic E-state index is -0.340. The van der Waals surface area contributed by atoms with Gasteiger partial charge in [0.15, 0.2) is 0 Å². The second-order valence-corrected chi connectivity index (χ2v) is 3.36. The molecule has 0 aromatic carbocycles. The number of ether oxygens (including phenoxy) is 1. The molecule has 1 N–H and O–H groups in total. The van der Waals surface area contributed by atoms with E-state index in [9.17, 15) is 4.79 Å². The molecular weight excluding hydrogens is 174 g/mol. The molecule has 4 heteroatoms. The molecule has 1 aromatic rings. The maximum absolute atomic E-state index is 11.0. The van der Waals surface area contributed by atoms with Gasteiger partial charge in [0.25, 0.3) is 0 Å². The van der Waals surface area contributed by atoms with Gasteiger partial charge in [-0.3, -0.25) is 0 Å². The topological polar surface area (TPSA) is 50.2 Å². The van der Waals surface area contributed by atoms with Crippen LogP contribution in [0.1, 0.15) is 21.5 Å². The summed E-state index contributed by atoms with van der Waals surface area (Å²) in [4.78, 5) is 12.3. The Labute approximate surface area is 74.5 Å². The molecule has 1 aromatic heterocycles. The predicted octanol–water partition coefficient (Wildman–Crippen LogP) is 1.92. The predicted molar refractivity (Wildman–Crippen MR) is 48.2 cm³/mol. The Kier molecular flexibility index (Phi) is 2.60. The van der Waals surface area contributed by atoms with E-state index in [1.165, 1.54) is 18.4 Å². The number of esters is 1. The Hall–Kier alpha value is -1.16. The van der Waals surface area contributed by atoms with E-state index in [0.29, 0.717) is 10.6 Å². The van der Waals surface area contributed by atoms with Gasteiger partial charge in [0.2, 0.25) is 0 Å². The molecule has 0 amide bonds. The summed E-state index contributed by atoms with van der Waals surface area (Å²) in [6, 6.07) is 3.42. The molecule has 0 atom stereocenters. The van der Waals surface area contributed by atoms with E-state index >= 15 is 0 Å². The highest BCUT2D eigenvalue weighted by Crippen LogP contribution is 2.17. The number of carbonyl (C=O) groups is 1. The van der Waals surface area contributed by atoms with Crippen LogP contribution in [0.4, 0.5) is 0 Å². The van der Waals surface area contributed by atoms with Crippen LogP contribution in [0.25, 0.3) is 0 Å². The first-order valence-electron chi connectivity index (χ1n) is 3.39. The van der Waals surface area contributed by atoms with Crippen molar-refractivity contribution in [3.8, 4) is 0 Å². The summed E-state index contributed by atoms with van der Waals surface area (Å²) in [5.41, 5.74) is 0.468. The zero-order valence-corrected chi connectivity index (χ0v) is 7.70. The first-order valence-corrected chi connectivity index (χ1v) is 4.20. The third-order valence-corrected chi connectivity index (χ3v) is 2.55. The van der Waals surface area contributed by atoms with Crippen molar-refractivity contribution < 1.29 is 9.53 Å². The van der Waals surface area contributed by atoms with Gasteiger partial charge in [0.05, 0.1) is 7.11 Å². The molecule has 0 aliphatic heterocycles. The molecule has 1 rings (SSSR count). The van der Waals surface area contributed by atoms with Crippen LogP contribution >= 0.6 is 11.3 Å². The van der Waals surface area contributed by atoms with E-state index in [-0.39, 0.29) is 5.97 Å². The first kappa shape index (κ1) is 8.93. The van der Waals surface area contributed by atoms with E-state index < -0.39 is 0 Å². The van der Waals surface area contributed by atoms with Crippen LogP contribution < -0.4 is 0 Å². The average Bonchev–Trinajstić information content (AvgIpc) is 2.51. The van der Waals surface area contributed by atoms with Gasteiger partial charge in [-0.15, -0.1) is 11.3 Å². The number of rotatable bonds is 2. The monoisotopic (exact) mass is 183 g/mol. The SMILES string of the molecule is COC(=O)c1ccc(C(C)=N)s1. The van der Waals surface area contributed by atoms with Gasteiger partial charge in [-0.1, -0.05) is 0 Å². The van der Waals surface area contributed by atoms with Crippen molar-refractivity contribution in [3.63, 3.8) is 0 Å². The standard InChI is InChI=1S/C8H9NO2S/c1-5(9)6-3-4-7(12-6)8(10)11-2/h3-4,9H,1-2H3. The van der Waals surface area contributed by atoms with E-state index in [1.807, 2.05) is 0 Å². The van der Waals surface area contributed by atoms with Crippen molar-refractivity contribution in [3.05, 3.63) is 21.9 Å². The van der Waals surface area contributed by atoms with Crippen molar-refractivity contribution in [1.82, 2.24) is 0 Å². The number of hydrogen-bond acceptors (Lipinski definition) is 4. The van der Waals surface area contributed by atoms with Crippen LogP contribution in [-0.2, 0) is 4.74 Å². The van der Waals surface area contributed by atoms with Crippen molar-refractivity contribution in [2.45, 2.75) is 6.92 Å². The molecule has 3 nitrogen and oxygen atoms in total. The Morgan fingerprint density at radius 3 is 2.50 bits per heavy atom. The largest absolute Gasteiger partial charge is 0.465 e. The number of thiophene rings is 1. The second-order valence-electron chi connectivity index (χ2n) is 2.28. The first-order chi connectivity index (χ1) is 5.65. The van der Waals surface area contributed by atoms with E-state index in [1.54, 1.807) is 19.1 Å². The molecule has 0 fully saturated rings. The lowest BCUT2D eigenvalue weighted by Crippen LogP contribution is -1.96. The fraction of sp³-hybridized carbons (Fsp3) is 0.250. The average molecular weight is 183 g/mol. The van der Waals surface area contributed by atoms with Crippen LogP contribution in [0.15, 0.2) is 12.1 Å². The summed E-state index contributed by atoms with van der Waals surface area (Å²) in [6.45, 7) is 1.69. The third-order valence-electron chi connectivity index (χ3n) is 1.36. The van der Waals surface area contributed by atoms with Gasteiger partial charge in [-0.05, 0) is 19.1 Å². The van der Waals surface area contributed by atoms with Crippen molar-refractivity contribution in [2.24, 2.45) is 0 Å². The van der Waals surface area contributed by atoms with E-state index in [0.717, 1.165) is 4.88 Å². The summed E-state index contributed by atoms with van der Waals surface area (Å²) >= 11 is 1.27. The van der Waals surface area contributed by atoms with Crippen LogP contribution in [-0.4, -0.2) is 18.8 Å². The van der Waals surface area contributed by atoms with Crippen molar-refractivity contribution in [1.29, 1.82) is 5.41 Å². The number of carbonyl (C=O) groups excluding carboxylic acids is 1. The highest BCUT2D eigenvalue weighted by atomic mass is 32.1. The molecule has 0 spiro atoms. The molecule has 0 saturated carbocycles. The van der Waals surface area contributed by atoms with Gasteiger partial charge >= 0.3 is 5.97 Å². The Balaban J connectivity index is 2.91. The lowest BCUT2D eigenvalue weighted by Gasteiger charge is -1.92. The third kappa shape index (κ3) is 1.71. The molecular formula is C8H9NO2S. The van der Waals surface area contributed by atoms with E-state index in [4.69, 9.17) is 5.41 Å². The summed E-state index contributed by atoms with van der Waals surface area (Å²) < 4.78 is 4.53. The molecule has 0 radical (unpaired) electrons. The fourth-order valence-electron chi connectivity index (χ4n) is 0.750. The Bertz CT molecular complexity index is 317. The summed E-state index contributed by atoms with van der Waals surface area (Å²) in [6.07, 6.45) is 0. The Morgan fingerprint density at radius 2 is 2.08 bits per heavy atom. The van der Waals surface area contributed by atoms with Crippen LogP contribution in [0.2, 0.25) is 0 Å². The van der Waals surface area contributed by atoms with Crippen LogP contribution in [0, 0.1) is 5.41 Å². The molecule has 12 heavy (non-hydrogen) atoms. The molecule has 0 aliphatic carbocycles. The fourth-order valence-corrected chi connectivity index (χ4v) is 1.58. The minimum Gasteiger partial charge on any atom is -0.465 e. The van der Waals surface area contributed by atoms with Gasteiger partial charge in [-0.25, -0.2) is 4.79 Å². The maximum Gasteiger partial charge on any atom is 0.348 e. The quantitative estimate of drug-likeness (QED) is 0.562. The normalized spacial score (nSPS) is 9.50. The zero-order valence-electron chi connectivity index (χ0n) is 6.88. The smallest absolute Gasteiger partial charge is 0.348 e. The van der Waals surface area contributed by atoms with E-state index in [2.05, 4.69) is 4.74 Å². The summed E-state index contributed by atoms with van der Waals surface area (Å²) in [5, 5.41) is 7.31. The molecule has 0 saturated heterocycles. The maximum atomic E-state index is 11.0. The van der Waals surface area contributed by atoms with Crippen molar-refractivity contribution >= 4 is 23.0 Å². The Morgan fingerprint density at radius 1 is 1.50 bits per heavy atom. The van der Waals surface area contributed by atoms with Gasteiger partial charge in [-0.2, -0.15) is 0 Å². The lowest BCUT2D eigenvalue weighted by atomic mass is 10.3. The second kappa shape index (κ2) is 3.49.